The number of methoxy groups -OCH3 is 1. The second-order valence-corrected chi connectivity index (χ2v) is 5.58. The minimum absolute atomic E-state index is 0.00199. The summed E-state index contributed by atoms with van der Waals surface area (Å²) >= 11 is 0. The molecule has 0 bridgehead atoms. The van der Waals surface area contributed by atoms with E-state index in [-0.39, 0.29) is 11.4 Å². The van der Waals surface area contributed by atoms with Crippen molar-refractivity contribution in [2.75, 3.05) is 13.7 Å². The maximum atomic E-state index is 11.7. The highest BCUT2D eigenvalue weighted by Crippen LogP contribution is 2.09. The number of hydrogen-bond acceptors (Lipinski definition) is 3. The number of nitrogens with one attached hydrogen (secondary N) is 2. The first-order valence-corrected chi connectivity index (χ1v) is 6.50. The Kier molecular flexibility index (Phi) is 5.99. The Labute approximate surface area is 115 Å². The molecule has 0 atom stereocenters. The normalized spacial score (nSPS) is 11.4. The molecule has 0 saturated heterocycles. The lowest BCUT2D eigenvalue weighted by Gasteiger charge is -2.20. The van der Waals surface area contributed by atoms with Gasteiger partial charge in [0.1, 0.15) is 0 Å². The van der Waals surface area contributed by atoms with Crippen LogP contribution in [0.5, 0.6) is 0 Å². The fourth-order valence-corrected chi connectivity index (χ4v) is 1.63. The smallest absolute Gasteiger partial charge is 0.234 e. The van der Waals surface area contributed by atoms with Crippen LogP contribution in [0.15, 0.2) is 24.3 Å². The molecule has 0 aromatic heterocycles. The Balaban J connectivity index is 2.46. The third-order valence-electron chi connectivity index (χ3n) is 2.67. The summed E-state index contributed by atoms with van der Waals surface area (Å²) in [6.07, 6.45) is 0. The van der Waals surface area contributed by atoms with Crippen LogP contribution in [0.25, 0.3) is 0 Å². The average Bonchev–Trinajstić information content (AvgIpc) is 2.35. The standard InChI is InChI=1S/C15H24N2O2/c1-15(2,3)17-10-14(18)16-9-12-7-5-6-8-13(12)11-19-4/h5-8,17H,9-11H2,1-4H3,(H,16,18). The summed E-state index contributed by atoms with van der Waals surface area (Å²) in [6, 6.07) is 7.96. The molecule has 0 heterocycles. The number of rotatable bonds is 6. The molecule has 19 heavy (non-hydrogen) atoms. The van der Waals surface area contributed by atoms with Crippen LogP contribution in [0.3, 0.4) is 0 Å². The van der Waals surface area contributed by atoms with Crippen molar-refractivity contribution in [3.8, 4) is 0 Å². The maximum absolute atomic E-state index is 11.7. The van der Waals surface area contributed by atoms with Crippen LogP contribution in [0.1, 0.15) is 31.9 Å². The predicted octanol–water partition coefficient (Wildman–Crippen LogP) is 1.84. The summed E-state index contributed by atoms with van der Waals surface area (Å²) in [4.78, 5) is 11.7. The molecule has 0 fully saturated rings. The molecular weight excluding hydrogens is 240 g/mol. The summed E-state index contributed by atoms with van der Waals surface area (Å²) in [5.74, 6) is 0.00199. The van der Waals surface area contributed by atoms with Crippen molar-refractivity contribution in [1.82, 2.24) is 10.6 Å². The van der Waals surface area contributed by atoms with Gasteiger partial charge in [-0.25, -0.2) is 0 Å². The second-order valence-electron chi connectivity index (χ2n) is 5.58. The first-order chi connectivity index (χ1) is 8.92. The maximum Gasteiger partial charge on any atom is 0.234 e. The Morgan fingerprint density at radius 2 is 1.84 bits per heavy atom. The van der Waals surface area contributed by atoms with Crippen LogP contribution in [0.2, 0.25) is 0 Å². The first-order valence-electron chi connectivity index (χ1n) is 6.50. The summed E-state index contributed by atoms with van der Waals surface area (Å²) < 4.78 is 5.14. The van der Waals surface area contributed by atoms with Crippen LogP contribution in [0.4, 0.5) is 0 Å². The van der Waals surface area contributed by atoms with Crippen LogP contribution in [-0.4, -0.2) is 25.1 Å². The van der Waals surface area contributed by atoms with Crippen molar-refractivity contribution in [2.45, 2.75) is 39.5 Å². The highest BCUT2D eigenvalue weighted by molar-refractivity contribution is 5.78. The number of carbonyl (C=O) groups is 1. The second kappa shape index (κ2) is 7.26. The SMILES string of the molecule is COCc1ccccc1CNC(=O)CNC(C)(C)C. The molecule has 0 radical (unpaired) electrons. The highest BCUT2D eigenvalue weighted by Gasteiger charge is 2.11. The van der Waals surface area contributed by atoms with Gasteiger partial charge in [-0.1, -0.05) is 24.3 Å². The lowest BCUT2D eigenvalue weighted by molar-refractivity contribution is -0.120. The van der Waals surface area contributed by atoms with Gasteiger partial charge in [0.15, 0.2) is 0 Å². The van der Waals surface area contributed by atoms with Gasteiger partial charge in [-0.05, 0) is 31.9 Å². The number of benzene rings is 1. The number of hydrogen-bond donors (Lipinski definition) is 2. The third kappa shape index (κ3) is 6.36. The number of carbonyl (C=O) groups excluding carboxylic acids is 1. The van der Waals surface area contributed by atoms with E-state index in [4.69, 9.17) is 4.74 Å². The minimum atomic E-state index is -0.0503. The van der Waals surface area contributed by atoms with Crippen LogP contribution in [-0.2, 0) is 22.7 Å². The van der Waals surface area contributed by atoms with E-state index in [1.54, 1.807) is 7.11 Å². The summed E-state index contributed by atoms with van der Waals surface area (Å²) in [5, 5.41) is 6.07. The van der Waals surface area contributed by atoms with E-state index >= 15 is 0 Å². The molecule has 0 aliphatic heterocycles. The van der Waals surface area contributed by atoms with Gasteiger partial charge in [-0.3, -0.25) is 4.79 Å². The molecule has 4 nitrogen and oxygen atoms in total. The monoisotopic (exact) mass is 264 g/mol. The summed E-state index contributed by atoms with van der Waals surface area (Å²) in [6.45, 7) is 7.53. The van der Waals surface area contributed by atoms with Gasteiger partial charge in [0.2, 0.25) is 5.91 Å². The molecule has 1 aromatic rings. The van der Waals surface area contributed by atoms with E-state index in [1.807, 2.05) is 45.0 Å². The van der Waals surface area contributed by atoms with Crippen molar-refractivity contribution < 1.29 is 9.53 Å². The Bertz CT molecular complexity index is 411. The van der Waals surface area contributed by atoms with Crippen LogP contribution < -0.4 is 10.6 Å². The molecule has 0 spiro atoms. The molecule has 106 valence electrons. The van der Waals surface area contributed by atoms with Gasteiger partial charge in [-0.15, -0.1) is 0 Å². The summed E-state index contributed by atoms with van der Waals surface area (Å²) in [5.41, 5.74) is 2.15. The number of amides is 1. The van der Waals surface area contributed by atoms with Gasteiger partial charge in [0.05, 0.1) is 13.2 Å². The molecule has 0 aliphatic rings. The zero-order valence-corrected chi connectivity index (χ0v) is 12.2. The number of ether oxygens (including phenoxy) is 1. The first kappa shape index (κ1) is 15.7. The van der Waals surface area contributed by atoms with Gasteiger partial charge in [-0.2, -0.15) is 0 Å². The molecule has 0 saturated carbocycles. The summed E-state index contributed by atoms with van der Waals surface area (Å²) in [7, 11) is 1.67. The van der Waals surface area contributed by atoms with Crippen molar-refractivity contribution in [2.24, 2.45) is 0 Å². The molecule has 2 N–H and O–H groups in total. The quantitative estimate of drug-likeness (QED) is 0.824. The zero-order chi connectivity index (χ0) is 14.3. The van der Waals surface area contributed by atoms with Crippen molar-refractivity contribution in [3.05, 3.63) is 35.4 Å². The topological polar surface area (TPSA) is 50.4 Å². The van der Waals surface area contributed by atoms with E-state index < -0.39 is 0 Å². The van der Waals surface area contributed by atoms with Gasteiger partial charge in [0, 0.05) is 19.2 Å². The van der Waals surface area contributed by atoms with Crippen molar-refractivity contribution in [3.63, 3.8) is 0 Å². The van der Waals surface area contributed by atoms with Gasteiger partial charge < -0.3 is 15.4 Å². The predicted molar refractivity (Wildman–Crippen MR) is 76.8 cm³/mol. The molecule has 1 aromatic carbocycles. The van der Waals surface area contributed by atoms with Crippen LogP contribution in [0, 0.1) is 0 Å². The molecule has 1 rings (SSSR count). The van der Waals surface area contributed by atoms with Gasteiger partial charge in [0.25, 0.3) is 0 Å². The van der Waals surface area contributed by atoms with Crippen molar-refractivity contribution >= 4 is 5.91 Å². The van der Waals surface area contributed by atoms with Gasteiger partial charge >= 0.3 is 0 Å². The van der Waals surface area contributed by atoms with E-state index in [1.165, 1.54) is 0 Å². The molecule has 4 heteroatoms. The van der Waals surface area contributed by atoms with Crippen molar-refractivity contribution in [1.29, 1.82) is 0 Å². The Morgan fingerprint density at radius 1 is 1.21 bits per heavy atom. The van der Waals surface area contributed by atoms with Crippen LogP contribution >= 0.6 is 0 Å². The molecular formula is C15H24N2O2. The minimum Gasteiger partial charge on any atom is -0.380 e. The van der Waals surface area contributed by atoms with E-state index in [0.717, 1.165) is 11.1 Å². The van der Waals surface area contributed by atoms with E-state index in [9.17, 15) is 4.79 Å². The largest absolute Gasteiger partial charge is 0.380 e. The van der Waals surface area contributed by atoms with E-state index in [2.05, 4.69) is 10.6 Å². The lowest BCUT2D eigenvalue weighted by atomic mass is 10.1. The Hall–Kier alpha value is -1.39. The fraction of sp³-hybridized carbons (Fsp3) is 0.533. The third-order valence-corrected chi connectivity index (χ3v) is 2.67. The lowest BCUT2D eigenvalue weighted by Crippen LogP contribution is -2.43. The van der Waals surface area contributed by atoms with E-state index in [0.29, 0.717) is 19.7 Å². The Morgan fingerprint density at radius 3 is 2.42 bits per heavy atom. The molecule has 0 unspecified atom stereocenters. The average molecular weight is 264 g/mol. The highest BCUT2D eigenvalue weighted by atomic mass is 16.5. The fourth-order valence-electron chi connectivity index (χ4n) is 1.63. The molecule has 1 amide bonds. The molecule has 0 aliphatic carbocycles. The zero-order valence-electron chi connectivity index (χ0n) is 12.2.